The van der Waals surface area contributed by atoms with Crippen molar-refractivity contribution >= 4 is 5.97 Å². The van der Waals surface area contributed by atoms with Gasteiger partial charge in [-0.1, -0.05) is 13.8 Å². The van der Waals surface area contributed by atoms with Crippen molar-refractivity contribution in [1.29, 1.82) is 0 Å². The van der Waals surface area contributed by atoms with Gasteiger partial charge in [0, 0.05) is 25.7 Å². The van der Waals surface area contributed by atoms with Gasteiger partial charge in [0.25, 0.3) is 0 Å². The van der Waals surface area contributed by atoms with Crippen LogP contribution in [0.2, 0.25) is 0 Å². The zero-order chi connectivity index (χ0) is 13.9. The third-order valence-electron chi connectivity index (χ3n) is 3.48. The van der Waals surface area contributed by atoms with Gasteiger partial charge in [0.15, 0.2) is 0 Å². The van der Waals surface area contributed by atoms with E-state index in [0.717, 1.165) is 18.8 Å². The Hall–Kier alpha value is -1.33. The molecule has 1 aromatic heterocycles. The van der Waals surface area contributed by atoms with E-state index in [0.29, 0.717) is 13.1 Å². The Morgan fingerprint density at radius 1 is 1.63 bits per heavy atom. The zero-order valence-electron chi connectivity index (χ0n) is 11.6. The number of hydrogen-bond acceptors (Lipinski definition) is 4. The third-order valence-corrected chi connectivity index (χ3v) is 3.48. The first-order valence-corrected chi connectivity index (χ1v) is 6.65. The summed E-state index contributed by atoms with van der Waals surface area (Å²) >= 11 is 0. The number of nitrogens with one attached hydrogen (secondary N) is 1. The van der Waals surface area contributed by atoms with Crippen LogP contribution in [0.25, 0.3) is 0 Å². The molecule has 106 valence electrons. The van der Waals surface area contributed by atoms with Crippen molar-refractivity contribution < 1.29 is 14.3 Å². The third kappa shape index (κ3) is 4.08. The lowest BCUT2D eigenvalue weighted by atomic mass is 9.93. The van der Waals surface area contributed by atoms with Gasteiger partial charge in [-0.15, -0.1) is 0 Å². The molecule has 1 aliphatic heterocycles. The summed E-state index contributed by atoms with van der Waals surface area (Å²) in [4.78, 5) is 13.2. The first-order valence-electron chi connectivity index (χ1n) is 6.65. The SMILES string of the molecule is CC1(C)CNCC(CC(=O)O)N(Cc2ccco2)C1. The maximum atomic E-state index is 11.0. The lowest BCUT2D eigenvalue weighted by molar-refractivity contribution is -0.138. The smallest absolute Gasteiger partial charge is 0.304 e. The maximum absolute atomic E-state index is 11.0. The fourth-order valence-corrected chi connectivity index (χ4v) is 2.63. The second kappa shape index (κ2) is 5.75. The Morgan fingerprint density at radius 2 is 2.42 bits per heavy atom. The van der Waals surface area contributed by atoms with Gasteiger partial charge in [0.05, 0.1) is 19.2 Å². The zero-order valence-corrected chi connectivity index (χ0v) is 11.6. The molecule has 1 aliphatic rings. The van der Waals surface area contributed by atoms with E-state index in [-0.39, 0.29) is 17.9 Å². The highest BCUT2D eigenvalue weighted by molar-refractivity contribution is 5.67. The van der Waals surface area contributed by atoms with Crippen molar-refractivity contribution in [3.05, 3.63) is 24.2 Å². The van der Waals surface area contributed by atoms with E-state index < -0.39 is 5.97 Å². The van der Waals surface area contributed by atoms with Crippen molar-refractivity contribution in [1.82, 2.24) is 10.2 Å². The van der Waals surface area contributed by atoms with Gasteiger partial charge in [0.2, 0.25) is 0 Å². The lowest BCUT2D eigenvalue weighted by Crippen LogP contribution is -2.42. The molecular formula is C14H22N2O3. The summed E-state index contributed by atoms with van der Waals surface area (Å²) in [6.07, 6.45) is 1.81. The number of aliphatic carboxylic acids is 1. The minimum Gasteiger partial charge on any atom is -0.481 e. The Morgan fingerprint density at radius 3 is 3.05 bits per heavy atom. The Balaban J connectivity index is 2.12. The van der Waals surface area contributed by atoms with Crippen molar-refractivity contribution in [3.63, 3.8) is 0 Å². The van der Waals surface area contributed by atoms with Gasteiger partial charge in [-0.25, -0.2) is 0 Å². The second-order valence-electron chi connectivity index (χ2n) is 6.03. The molecule has 1 atom stereocenters. The molecule has 5 nitrogen and oxygen atoms in total. The number of rotatable bonds is 4. The molecule has 0 aliphatic carbocycles. The molecule has 1 saturated heterocycles. The molecule has 5 heteroatoms. The summed E-state index contributed by atoms with van der Waals surface area (Å²) in [5, 5.41) is 12.4. The first-order chi connectivity index (χ1) is 8.96. The van der Waals surface area contributed by atoms with Gasteiger partial charge in [0.1, 0.15) is 5.76 Å². The van der Waals surface area contributed by atoms with Crippen LogP contribution in [-0.2, 0) is 11.3 Å². The van der Waals surface area contributed by atoms with E-state index in [1.54, 1.807) is 6.26 Å². The molecule has 0 aromatic carbocycles. The summed E-state index contributed by atoms with van der Waals surface area (Å²) < 4.78 is 5.39. The molecule has 2 heterocycles. The van der Waals surface area contributed by atoms with Crippen LogP contribution in [0.1, 0.15) is 26.0 Å². The standard InChI is InChI=1S/C14H22N2O3/c1-14(2)9-15-7-11(6-13(17)18)16(10-14)8-12-4-3-5-19-12/h3-5,11,15H,6-10H2,1-2H3,(H,17,18). The topological polar surface area (TPSA) is 65.7 Å². The summed E-state index contributed by atoms with van der Waals surface area (Å²) in [5.74, 6) is 0.129. The minimum absolute atomic E-state index is 0.00405. The van der Waals surface area contributed by atoms with Crippen LogP contribution in [0.15, 0.2) is 22.8 Å². The lowest BCUT2D eigenvalue weighted by Gasteiger charge is -2.32. The summed E-state index contributed by atoms with van der Waals surface area (Å²) in [7, 11) is 0. The van der Waals surface area contributed by atoms with Gasteiger partial charge >= 0.3 is 5.97 Å². The van der Waals surface area contributed by atoms with Crippen molar-refractivity contribution in [2.75, 3.05) is 19.6 Å². The molecular weight excluding hydrogens is 244 g/mol. The van der Waals surface area contributed by atoms with Crippen LogP contribution in [-0.4, -0.2) is 41.7 Å². The number of hydrogen-bond donors (Lipinski definition) is 2. The first kappa shape index (κ1) is 14.1. The molecule has 0 radical (unpaired) electrons. The van der Waals surface area contributed by atoms with Crippen molar-refractivity contribution in [2.24, 2.45) is 5.41 Å². The van der Waals surface area contributed by atoms with Gasteiger partial charge in [-0.3, -0.25) is 9.69 Å². The molecule has 0 amide bonds. The van der Waals surface area contributed by atoms with Crippen molar-refractivity contribution in [3.8, 4) is 0 Å². The molecule has 1 aromatic rings. The predicted molar refractivity (Wildman–Crippen MR) is 71.8 cm³/mol. The average Bonchev–Trinajstić information content (AvgIpc) is 2.73. The molecule has 2 rings (SSSR count). The highest BCUT2D eigenvalue weighted by Crippen LogP contribution is 2.23. The highest BCUT2D eigenvalue weighted by Gasteiger charge is 2.31. The van der Waals surface area contributed by atoms with E-state index in [2.05, 4.69) is 24.1 Å². The van der Waals surface area contributed by atoms with E-state index in [4.69, 9.17) is 9.52 Å². The molecule has 1 fully saturated rings. The van der Waals surface area contributed by atoms with Crippen molar-refractivity contribution in [2.45, 2.75) is 32.9 Å². The van der Waals surface area contributed by atoms with Crippen LogP contribution >= 0.6 is 0 Å². The molecule has 0 bridgehead atoms. The Labute approximate surface area is 113 Å². The van der Waals surface area contributed by atoms with Crippen LogP contribution < -0.4 is 5.32 Å². The van der Waals surface area contributed by atoms with Crippen LogP contribution in [0.5, 0.6) is 0 Å². The van der Waals surface area contributed by atoms with Crippen LogP contribution in [0.3, 0.4) is 0 Å². The Bertz CT molecular complexity index is 414. The number of carboxylic acid groups (broad SMARTS) is 1. The van der Waals surface area contributed by atoms with E-state index >= 15 is 0 Å². The average molecular weight is 266 g/mol. The van der Waals surface area contributed by atoms with Gasteiger partial charge in [-0.05, 0) is 17.5 Å². The number of carbonyl (C=O) groups is 1. The number of furan rings is 1. The highest BCUT2D eigenvalue weighted by atomic mass is 16.4. The van der Waals surface area contributed by atoms with Gasteiger partial charge in [-0.2, -0.15) is 0 Å². The molecule has 19 heavy (non-hydrogen) atoms. The van der Waals surface area contributed by atoms with E-state index in [1.165, 1.54) is 0 Å². The van der Waals surface area contributed by atoms with Crippen LogP contribution in [0, 0.1) is 5.41 Å². The quantitative estimate of drug-likeness (QED) is 0.865. The summed E-state index contributed by atoms with van der Waals surface area (Å²) in [5.41, 5.74) is 0.125. The van der Waals surface area contributed by atoms with E-state index in [9.17, 15) is 4.79 Å². The fraction of sp³-hybridized carbons (Fsp3) is 0.643. The van der Waals surface area contributed by atoms with Crippen LogP contribution in [0.4, 0.5) is 0 Å². The maximum Gasteiger partial charge on any atom is 0.304 e. The summed E-state index contributed by atoms with van der Waals surface area (Å²) in [6, 6.07) is 3.80. The predicted octanol–water partition coefficient (Wildman–Crippen LogP) is 1.55. The minimum atomic E-state index is -0.754. The molecule has 0 spiro atoms. The molecule has 0 saturated carbocycles. The number of nitrogens with zero attached hydrogens (tertiary/aromatic N) is 1. The molecule has 1 unspecified atom stereocenters. The Kier molecular flexibility index (Phi) is 4.27. The normalized spacial score (nSPS) is 24.0. The fourth-order valence-electron chi connectivity index (χ4n) is 2.63. The largest absolute Gasteiger partial charge is 0.481 e. The van der Waals surface area contributed by atoms with E-state index in [1.807, 2.05) is 12.1 Å². The molecule has 2 N–H and O–H groups in total. The summed E-state index contributed by atoms with van der Waals surface area (Å²) in [6.45, 7) is 7.51. The second-order valence-corrected chi connectivity index (χ2v) is 6.03. The number of carboxylic acids is 1. The van der Waals surface area contributed by atoms with Gasteiger partial charge < -0.3 is 14.8 Å². The monoisotopic (exact) mass is 266 g/mol.